The number of carbonyl (C=O) groups is 1. The van der Waals surface area contributed by atoms with Crippen molar-refractivity contribution in [2.24, 2.45) is 5.73 Å². The molecule has 1 amide bonds. The van der Waals surface area contributed by atoms with Crippen LogP contribution in [0.5, 0.6) is 0 Å². The lowest BCUT2D eigenvalue weighted by Gasteiger charge is -2.23. The van der Waals surface area contributed by atoms with Gasteiger partial charge in [0.2, 0.25) is 5.95 Å². The number of anilines is 1. The number of carbonyl (C=O) groups excluding carboxylic acids is 1. The van der Waals surface area contributed by atoms with Crippen molar-refractivity contribution in [1.29, 1.82) is 0 Å². The molecule has 0 aliphatic carbocycles. The number of imidazole rings is 1. The Bertz CT molecular complexity index is 983. The predicted octanol–water partition coefficient (Wildman–Crippen LogP) is 2.05. The molecule has 0 bridgehead atoms. The van der Waals surface area contributed by atoms with Gasteiger partial charge in [0, 0.05) is 48.6 Å². The zero-order chi connectivity index (χ0) is 20.9. The number of hydrogen-bond donors (Lipinski definition) is 3. The van der Waals surface area contributed by atoms with Crippen molar-refractivity contribution in [2.75, 3.05) is 25.1 Å². The van der Waals surface area contributed by atoms with Crippen LogP contribution in [0.25, 0.3) is 5.82 Å². The first-order chi connectivity index (χ1) is 14.6. The molecule has 1 unspecified atom stereocenters. The molecular weight excluding hydrogens is 402 g/mol. The molecule has 0 radical (unpaired) electrons. The van der Waals surface area contributed by atoms with Crippen LogP contribution in [0.15, 0.2) is 36.2 Å². The van der Waals surface area contributed by atoms with Crippen LogP contribution in [-0.2, 0) is 4.74 Å². The minimum Gasteiger partial charge on any atom is -0.381 e. The molecule has 0 aromatic carbocycles. The van der Waals surface area contributed by atoms with Crippen LogP contribution in [0.2, 0.25) is 0 Å². The number of thiophene rings is 1. The maximum atomic E-state index is 12.7. The summed E-state index contributed by atoms with van der Waals surface area (Å²) in [6.07, 6.45) is 6.88. The SMILES string of the molecule is Cc1cnc(NC2CCOCC2)nc1-n1cnc(C(=O)NC(CN)c2cccs2)c1. The third-order valence-corrected chi connectivity index (χ3v) is 5.97. The van der Waals surface area contributed by atoms with Crippen LogP contribution in [0.3, 0.4) is 0 Å². The van der Waals surface area contributed by atoms with Crippen LogP contribution in [0.4, 0.5) is 5.95 Å². The monoisotopic (exact) mass is 427 g/mol. The fourth-order valence-electron chi connectivity index (χ4n) is 3.31. The maximum absolute atomic E-state index is 12.7. The average molecular weight is 428 g/mol. The van der Waals surface area contributed by atoms with Gasteiger partial charge in [-0.2, -0.15) is 4.98 Å². The quantitative estimate of drug-likeness (QED) is 0.528. The van der Waals surface area contributed by atoms with E-state index in [-0.39, 0.29) is 11.9 Å². The lowest BCUT2D eigenvalue weighted by molar-refractivity contribution is 0.0903. The largest absolute Gasteiger partial charge is 0.381 e. The van der Waals surface area contributed by atoms with Crippen LogP contribution in [0, 0.1) is 6.92 Å². The molecule has 0 saturated carbocycles. The van der Waals surface area contributed by atoms with Gasteiger partial charge in [-0.25, -0.2) is 9.97 Å². The number of hydrogen-bond acceptors (Lipinski definition) is 8. The summed E-state index contributed by atoms with van der Waals surface area (Å²) in [5.74, 6) is 0.965. The molecule has 1 aliphatic rings. The van der Waals surface area contributed by atoms with E-state index < -0.39 is 0 Å². The van der Waals surface area contributed by atoms with E-state index in [0.717, 1.165) is 36.5 Å². The minimum absolute atomic E-state index is 0.237. The maximum Gasteiger partial charge on any atom is 0.272 e. The van der Waals surface area contributed by atoms with Gasteiger partial charge in [-0.05, 0) is 31.2 Å². The molecular formula is C20H25N7O2S. The number of nitrogens with one attached hydrogen (secondary N) is 2. The molecule has 0 spiro atoms. The van der Waals surface area contributed by atoms with Gasteiger partial charge in [-0.15, -0.1) is 11.3 Å². The highest BCUT2D eigenvalue weighted by Crippen LogP contribution is 2.19. The van der Waals surface area contributed by atoms with E-state index in [1.54, 1.807) is 34.6 Å². The Kier molecular flexibility index (Phi) is 6.36. The summed E-state index contributed by atoms with van der Waals surface area (Å²) >= 11 is 1.56. The zero-order valence-electron chi connectivity index (χ0n) is 16.7. The van der Waals surface area contributed by atoms with Crippen LogP contribution in [-0.4, -0.2) is 51.2 Å². The zero-order valence-corrected chi connectivity index (χ0v) is 17.6. The average Bonchev–Trinajstić information content (AvgIpc) is 3.46. The van der Waals surface area contributed by atoms with Gasteiger partial charge in [-0.1, -0.05) is 6.07 Å². The van der Waals surface area contributed by atoms with Crippen molar-refractivity contribution in [3.63, 3.8) is 0 Å². The Balaban J connectivity index is 1.48. The van der Waals surface area contributed by atoms with Crippen molar-refractivity contribution in [1.82, 2.24) is 24.8 Å². The second-order valence-electron chi connectivity index (χ2n) is 7.17. The molecule has 4 heterocycles. The Morgan fingerprint density at radius 2 is 2.23 bits per heavy atom. The topological polar surface area (TPSA) is 120 Å². The van der Waals surface area contributed by atoms with Crippen LogP contribution >= 0.6 is 11.3 Å². The van der Waals surface area contributed by atoms with Gasteiger partial charge >= 0.3 is 0 Å². The highest BCUT2D eigenvalue weighted by atomic mass is 32.1. The first-order valence-corrected chi connectivity index (χ1v) is 10.8. The van der Waals surface area contributed by atoms with Gasteiger partial charge in [0.05, 0.1) is 6.04 Å². The number of ether oxygens (including phenoxy) is 1. The van der Waals surface area contributed by atoms with E-state index >= 15 is 0 Å². The highest BCUT2D eigenvalue weighted by Gasteiger charge is 2.19. The minimum atomic E-state index is -0.273. The first-order valence-electron chi connectivity index (χ1n) is 9.90. The van der Waals surface area contributed by atoms with Crippen molar-refractivity contribution in [3.8, 4) is 5.82 Å². The normalized spacial score (nSPS) is 15.7. The smallest absolute Gasteiger partial charge is 0.272 e. The van der Waals surface area contributed by atoms with Crippen molar-refractivity contribution in [2.45, 2.75) is 31.8 Å². The summed E-state index contributed by atoms with van der Waals surface area (Å²) < 4.78 is 7.14. The van der Waals surface area contributed by atoms with E-state index in [1.807, 2.05) is 24.4 Å². The second-order valence-corrected chi connectivity index (χ2v) is 8.15. The molecule has 1 fully saturated rings. The van der Waals surface area contributed by atoms with E-state index in [9.17, 15) is 4.79 Å². The summed E-state index contributed by atoms with van der Waals surface area (Å²) in [6.45, 7) is 3.73. The number of amides is 1. The number of aromatic nitrogens is 4. The van der Waals surface area contributed by atoms with E-state index in [2.05, 4.69) is 25.6 Å². The van der Waals surface area contributed by atoms with Crippen molar-refractivity contribution < 1.29 is 9.53 Å². The van der Waals surface area contributed by atoms with Gasteiger partial charge in [0.1, 0.15) is 17.8 Å². The molecule has 3 aromatic rings. The van der Waals surface area contributed by atoms with Crippen molar-refractivity contribution in [3.05, 3.63) is 52.4 Å². The molecule has 30 heavy (non-hydrogen) atoms. The number of aryl methyl sites for hydroxylation is 1. The molecule has 1 aliphatic heterocycles. The summed E-state index contributed by atoms with van der Waals surface area (Å²) in [5.41, 5.74) is 7.03. The third kappa shape index (κ3) is 4.66. The lowest BCUT2D eigenvalue weighted by atomic mass is 10.1. The fourth-order valence-corrected chi connectivity index (χ4v) is 4.10. The number of nitrogens with zero attached hydrogens (tertiary/aromatic N) is 4. The summed E-state index contributed by atoms with van der Waals surface area (Å²) in [4.78, 5) is 27.0. The summed E-state index contributed by atoms with van der Waals surface area (Å²) in [7, 11) is 0. The summed E-state index contributed by atoms with van der Waals surface area (Å²) in [5, 5.41) is 8.27. The molecule has 4 N–H and O–H groups in total. The molecule has 158 valence electrons. The lowest BCUT2D eigenvalue weighted by Crippen LogP contribution is -2.33. The predicted molar refractivity (Wildman–Crippen MR) is 115 cm³/mol. The van der Waals surface area contributed by atoms with E-state index in [4.69, 9.17) is 10.5 Å². The molecule has 4 rings (SSSR count). The standard InChI is InChI=1S/C20H25N7O2S/c1-13-10-22-20(24-14-4-6-29-7-5-14)26-18(13)27-11-16(23-12-27)19(28)25-15(9-21)17-3-2-8-30-17/h2-3,8,10-12,14-15H,4-7,9,21H2,1H3,(H,25,28)(H,22,24,26). The number of nitrogens with two attached hydrogens (primary N) is 1. The van der Waals surface area contributed by atoms with Gasteiger partial charge < -0.3 is 21.1 Å². The fraction of sp³-hybridized carbons (Fsp3) is 0.400. The third-order valence-electron chi connectivity index (χ3n) is 4.99. The Labute approximate surface area is 178 Å². The highest BCUT2D eigenvalue weighted by molar-refractivity contribution is 7.10. The Morgan fingerprint density at radius 3 is 2.97 bits per heavy atom. The molecule has 3 aromatic heterocycles. The van der Waals surface area contributed by atoms with E-state index in [0.29, 0.717) is 30.0 Å². The van der Waals surface area contributed by atoms with Crippen molar-refractivity contribution >= 4 is 23.2 Å². The van der Waals surface area contributed by atoms with Gasteiger partial charge in [0.25, 0.3) is 5.91 Å². The van der Waals surface area contributed by atoms with Gasteiger partial charge in [-0.3, -0.25) is 9.36 Å². The molecule has 1 saturated heterocycles. The second kappa shape index (κ2) is 9.33. The Morgan fingerprint density at radius 1 is 1.40 bits per heavy atom. The number of rotatable bonds is 7. The van der Waals surface area contributed by atoms with Crippen LogP contribution < -0.4 is 16.4 Å². The first kappa shape index (κ1) is 20.5. The van der Waals surface area contributed by atoms with Gasteiger partial charge in [0.15, 0.2) is 0 Å². The van der Waals surface area contributed by atoms with E-state index in [1.165, 1.54) is 0 Å². The Hall–Kier alpha value is -2.82. The van der Waals surface area contributed by atoms with Crippen LogP contribution in [0.1, 0.15) is 39.8 Å². The molecule has 10 heteroatoms. The molecule has 9 nitrogen and oxygen atoms in total. The summed E-state index contributed by atoms with van der Waals surface area (Å²) in [6, 6.07) is 3.95. The molecule has 1 atom stereocenters.